The van der Waals surface area contributed by atoms with E-state index in [4.69, 9.17) is 11.6 Å². The molecule has 8 heteroatoms. The SMILES string of the molecule is FC(F)c1cnc(Br)c(Cl)c1C(F)(F)F. The highest BCUT2D eigenvalue weighted by atomic mass is 79.9. The van der Waals surface area contributed by atoms with Crippen LogP contribution in [0.5, 0.6) is 0 Å². The molecule has 0 saturated carbocycles. The summed E-state index contributed by atoms with van der Waals surface area (Å²) in [4.78, 5) is 3.28. The maximum absolute atomic E-state index is 12.4. The van der Waals surface area contributed by atoms with E-state index < -0.39 is 28.8 Å². The van der Waals surface area contributed by atoms with Gasteiger partial charge < -0.3 is 0 Å². The zero-order chi connectivity index (χ0) is 11.8. The van der Waals surface area contributed by atoms with Crippen molar-refractivity contribution in [3.63, 3.8) is 0 Å². The summed E-state index contributed by atoms with van der Waals surface area (Å²) in [6.07, 6.45) is -7.77. The molecule has 0 aliphatic rings. The Morgan fingerprint density at radius 3 is 2.27 bits per heavy atom. The summed E-state index contributed by atoms with van der Waals surface area (Å²) in [6, 6.07) is 0. The summed E-state index contributed by atoms with van der Waals surface area (Å²) >= 11 is 7.90. The van der Waals surface area contributed by atoms with E-state index in [-0.39, 0.29) is 4.60 Å². The third kappa shape index (κ3) is 2.57. The number of rotatable bonds is 1. The van der Waals surface area contributed by atoms with Crippen LogP contribution in [-0.2, 0) is 6.18 Å². The summed E-state index contributed by atoms with van der Waals surface area (Å²) < 4.78 is 61.3. The van der Waals surface area contributed by atoms with Crippen LogP contribution >= 0.6 is 27.5 Å². The van der Waals surface area contributed by atoms with E-state index in [1.807, 2.05) is 0 Å². The second-order valence-electron chi connectivity index (χ2n) is 2.49. The molecule has 0 radical (unpaired) electrons. The molecule has 0 bridgehead atoms. The molecule has 1 rings (SSSR count). The van der Waals surface area contributed by atoms with Crippen molar-refractivity contribution in [3.8, 4) is 0 Å². The van der Waals surface area contributed by atoms with Crippen LogP contribution in [0.2, 0.25) is 5.02 Å². The highest BCUT2D eigenvalue weighted by molar-refractivity contribution is 9.10. The zero-order valence-electron chi connectivity index (χ0n) is 6.75. The van der Waals surface area contributed by atoms with E-state index in [2.05, 4.69) is 20.9 Å². The highest BCUT2D eigenvalue weighted by Crippen LogP contribution is 2.42. The van der Waals surface area contributed by atoms with Crippen molar-refractivity contribution < 1.29 is 22.0 Å². The van der Waals surface area contributed by atoms with Crippen molar-refractivity contribution in [2.24, 2.45) is 0 Å². The van der Waals surface area contributed by atoms with Crippen LogP contribution in [-0.4, -0.2) is 4.98 Å². The van der Waals surface area contributed by atoms with Gasteiger partial charge >= 0.3 is 6.18 Å². The second kappa shape index (κ2) is 4.21. The molecule has 0 unspecified atom stereocenters. The predicted octanol–water partition coefficient (Wildman–Crippen LogP) is 4.45. The van der Waals surface area contributed by atoms with Gasteiger partial charge in [-0.1, -0.05) is 11.6 Å². The summed E-state index contributed by atoms with van der Waals surface area (Å²) in [5.41, 5.74) is -2.78. The van der Waals surface area contributed by atoms with Crippen LogP contribution in [0.25, 0.3) is 0 Å². The fourth-order valence-electron chi connectivity index (χ4n) is 0.931. The standard InChI is InChI=1S/C7H2BrClF5N/c8-5-4(9)3(7(12,13)14)2(1-15-5)6(10)11/h1,6H. The molecule has 84 valence electrons. The summed E-state index contributed by atoms with van der Waals surface area (Å²) in [6.45, 7) is 0. The average Bonchev–Trinajstić information content (AvgIpc) is 2.06. The molecule has 0 fully saturated rings. The van der Waals surface area contributed by atoms with Gasteiger partial charge in [-0.15, -0.1) is 0 Å². The van der Waals surface area contributed by atoms with Gasteiger partial charge in [-0.05, 0) is 15.9 Å². The molecule has 1 nitrogen and oxygen atoms in total. The lowest BCUT2D eigenvalue weighted by molar-refractivity contribution is -0.139. The van der Waals surface area contributed by atoms with Crippen molar-refractivity contribution in [3.05, 3.63) is 26.9 Å². The Kier molecular flexibility index (Phi) is 3.55. The first-order valence-electron chi connectivity index (χ1n) is 3.44. The molecule has 0 aliphatic heterocycles. The van der Waals surface area contributed by atoms with E-state index >= 15 is 0 Å². The highest BCUT2D eigenvalue weighted by Gasteiger charge is 2.39. The van der Waals surface area contributed by atoms with E-state index in [0.717, 1.165) is 0 Å². The topological polar surface area (TPSA) is 12.9 Å². The summed E-state index contributed by atoms with van der Waals surface area (Å²) in [7, 11) is 0. The lowest BCUT2D eigenvalue weighted by Gasteiger charge is -2.14. The Balaban J connectivity index is 3.49. The fourth-order valence-corrected chi connectivity index (χ4v) is 1.50. The van der Waals surface area contributed by atoms with E-state index in [0.29, 0.717) is 6.20 Å². The molecule has 15 heavy (non-hydrogen) atoms. The minimum atomic E-state index is -4.94. The van der Waals surface area contributed by atoms with Gasteiger partial charge in [0.15, 0.2) is 0 Å². The molecule has 0 spiro atoms. The third-order valence-electron chi connectivity index (χ3n) is 1.52. The Morgan fingerprint density at radius 2 is 1.87 bits per heavy atom. The average molecular weight is 310 g/mol. The maximum Gasteiger partial charge on any atom is 0.418 e. The largest absolute Gasteiger partial charge is 0.418 e. The van der Waals surface area contributed by atoms with Gasteiger partial charge in [0.1, 0.15) is 4.60 Å². The van der Waals surface area contributed by atoms with Gasteiger partial charge in [0, 0.05) is 11.8 Å². The first-order valence-corrected chi connectivity index (χ1v) is 4.61. The van der Waals surface area contributed by atoms with Crippen molar-refractivity contribution in [2.75, 3.05) is 0 Å². The molecular weight excluding hydrogens is 308 g/mol. The number of nitrogens with zero attached hydrogens (tertiary/aromatic N) is 1. The van der Waals surface area contributed by atoms with Crippen LogP contribution in [0.1, 0.15) is 17.6 Å². The number of hydrogen-bond acceptors (Lipinski definition) is 1. The minimum absolute atomic E-state index is 0.319. The molecule has 0 aliphatic carbocycles. The fraction of sp³-hybridized carbons (Fsp3) is 0.286. The number of halogens is 7. The molecule has 0 amide bonds. The minimum Gasteiger partial charge on any atom is -0.247 e. The number of alkyl halides is 5. The lowest BCUT2D eigenvalue weighted by Crippen LogP contribution is -2.11. The Hall–Kier alpha value is -0.430. The predicted molar refractivity (Wildman–Crippen MR) is 46.9 cm³/mol. The monoisotopic (exact) mass is 309 g/mol. The number of pyridine rings is 1. The summed E-state index contributed by atoms with van der Waals surface area (Å²) in [5, 5.41) is -0.861. The number of aromatic nitrogens is 1. The quantitative estimate of drug-likeness (QED) is 0.551. The van der Waals surface area contributed by atoms with Gasteiger partial charge in [0.2, 0.25) is 0 Å². The lowest BCUT2D eigenvalue weighted by atomic mass is 10.1. The Morgan fingerprint density at radius 1 is 1.33 bits per heavy atom. The molecule has 0 atom stereocenters. The van der Waals surface area contributed by atoms with Crippen LogP contribution in [0.15, 0.2) is 10.8 Å². The molecule has 1 heterocycles. The zero-order valence-corrected chi connectivity index (χ0v) is 9.09. The van der Waals surface area contributed by atoms with Gasteiger partial charge in [0.25, 0.3) is 6.43 Å². The first-order chi connectivity index (χ1) is 6.75. The summed E-state index contributed by atoms with van der Waals surface area (Å²) in [5.74, 6) is 0. The van der Waals surface area contributed by atoms with Crippen LogP contribution in [0.4, 0.5) is 22.0 Å². The van der Waals surface area contributed by atoms with Crippen molar-refractivity contribution >= 4 is 27.5 Å². The van der Waals surface area contributed by atoms with Crippen molar-refractivity contribution in [1.29, 1.82) is 0 Å². The van der Waals surface area contributed by atoms with E-state index in [1.165, 1.54) is 0 Å². The van der Waals surface area contributed by atoms with Crippen molar-refractivity contribution in [1.82, 2.24) is 4.98 Å². The van der Waals surface area contributed by atoms with Crippen LogP contribution < -0.4 is 0 Å². The Labute approximate surface area is 94.4 Å². The number of hydrogen-bond donors (Lipinski definition) is 0. The third-order valence-corrected chi connectivity index (χ3v) is 2.72. The van der Waals surface area contributed by atoms with Crippen molar-refractivity contribution in [2.45, 2.75) is 12.6 Å². The Bertz CT molecular complexity index is 378. The molecular formula is C7H2BrClF5N. The maximum atomic E-state index is 12.4. The van der Waals surface area contributed by atoms with Crippen LogP contribution in [0, 0.1) is 0 Å². The van der Waals surface area contributed by atoms with Gasteiger partial charge in [0.05, 0.1) is 10.6 Å². The van der Waals surface area contributed by atoms with Gasteiger partial charge in [-0.2, -0.15) is 13.2 Å². The normalized spacial score (nSPS) is 12.3. The van der Waals surface area contributed by atoms with Crippen LogP contribution in [0.3, 0.4) is 0 Å². The van der Waals surface area contributed by atoms with Gasteiger partial charge in [-0.3, -0.25) is 0 Å². The second-order valence-corrected chi connectivity index (χ2v) is 3.62. The van der Waals surface area contributed by atoms with Gasteiger partial charge in [-0.25, -0.2) is 13.8 Å². The van der Waals surface area contributed by atoms with E-state index in [9.17, 15) is 22.0 Å². The molecule has 0 aromatic carbocycles. The molecule has 1 aromatic heterocycles. The smallest absolute Gasteiger partial charge is 0.247 e. The molecule has 0 N–H and O–H groups in total. The molecule has 0 saturated heterocycles. The first kappa shape index (κ1) is 12.6. The van der Waals surface area contributed by atoms with E-state index in [1.54, 1.807) is 0 Å². The molecule has 1 aromatic rings.